The van der Waals surface area contributed by atoms with Crippen molar-refractivity contribution >= 4 is 6.03 Å². The summed E-state index contributed by atoms with van der Waals surface area (Å²) in [6.45, 7) is 3.31. The Balaban J connectivity index is 1.38. The molecule has 0 aliphatic carbocycles. The third-order valence-electron chi connectivity index (χ3n) is 3.48. The van der Waals surface area contributed by atoms with E-state index in [1.165, 1.54) is 6.33 Å². The lowest BCUT2D eigenvalue weighted by molar-refractivity contribution is 0.240. The van der Waals surface area contributed by atoms with Gasteiger partial charge in [-0.1, -0.05) is 29.4 Å². The zero-order valence-electron chi connectivity index (χ0n) is 13.8. The quantitative estimate of drug-likeness (QED) is 0.665. The molecule has 9 nitrogen and oxygen atoms in total. The molecule has 0 radical (unpaired) electrons. The molecule has 25 heavy (non-hydrogen) atoms. The highest BCUT2D eigenvalue weighted by Gasteiger charge is 2.04. The summed E-state index contributed by atoms with van der Waals surface area (Å²) in [7, 11) is 0. The zero-order chi connectivity index (χ0) is 17.5. The van der Waals surface area contributed by atoms with Crippen LogP contribution in [0.5, 0.6) is 0 Å². The number of urea groups is 1. The maximum Gasteiger partial charge on any atom is 0.315 e. The van der Waals surface area contributed by atoms with Gasteiger partial charge in [-0.15, -0.1) is 0 Å². The van der Waals surface area contributed by atoms with Crippen molar-refractivity contribution in [3.8, 4) is 0 Å². The van der Waals surface area contributed by atoms with E-state index in [9.17, 15) is 4.79 Å². The Morgan fingerprint density at radius 1 is 1.20 bits per heavy atom. The second kappa shape index (κ2) is 8.04. The molecule has 0 unspecified atom stereocenters. The number of hydrogen-bond donors (Lipinski definition) is 2. The van der Waals surface area contributed by atoms with E-state index in [0.29, 0.717) is 37.8 Å². The highest BCUT2D eigenvalue weighted by Crippen LogP contribution is 2.05. The van der Waals surface area contributed by atoms with Gasteiger partial charge in [0, 0.05) is 19.5 Å². The van der Waals surface area contributed by atoms with Crippen LogP contribution in [0.15, 0.2) is 41.4 Å². The SMILES string of the molecule is Cc1noc(CCNC(=O)NCc2ccc(Cn3cncn3)cc2)n1. The van der Waals surface area contributed by atoms with Gasteiger partial charge in [0.1, 0.15) is 12.7 Å². The van der Waals surface area contributed by atoms with Crippen LogP contribution in [0, 0.1) is 6.92 Å². The smallest absolute Gasteiger partial charge is 0.315 e. The molecular formula is C16H19N7O2. The Hall–Kier alpha value is -3.23. The molecule has 9 heteroatoms. The zero-order valence-corrected chi connectivity index (χ0v) is 13.8. The summed E-state index contributed by atoms with van der Waals surface area (Å²) in [5.74, 6) is 1.10. The molecule has 3 rings (SSSR count). The van der Waals surface area contributed by atoms with Gasteiger partial charge in [0.05, 0.1) is 6.54 Å². The highest BCUT2D eigenvalue weighted by molar-refractivity contribution is 5.73. The molecule has 2 N–H and O–H groups in total. The molecular weight excluding hydrogens is 322 g/mol. The number of carbonyl (C=O) groups excluding carboxylic acids is 1. The average molecular weight is 341 g/mol. The number of aromatic nitrogens is 5. The van der Waals surface area contributed by atoms with Crippen LogP contribution in [0.3, 0.4) is 0 Å². The first-order valence-electron chi connectivity index (χ1n) is 7.90. The van der Waals surface area contributed by atoms with Gasteiger partial charge < -0.3 is 15.2 Å². The summed E-state index contributed by atoms with van der Waals surface area (Å²) in [6.07, 6.45) is 3.69. The summed E-state index contributed by atoms with van der Waals surface area (Å²) in [5.41, 5.74) is 2.14. The van der Waals surface area contributed by atoms with Crippen molar-refractivity contribution in [3.05, 3.63) is 59.8 Å². The summed E-state index contributed by atoms with van der Waals surface area (Å²) in [4.78, 5) is 19.8. The molecule has 0 atom stereocenters. The molecule has 1 aromatic carbocycles. The molecule has 2 aromatic heterocycles. The van der Waals surface area contributed by atoms with Crippen LogP contribution in [0.25, 0.3) is 0 Å². The van der Waals surface area contributed by atoms with E-state index in [-0.39, 0.29) is 6.03 Å². The molecule has 0 aliphatic rings. The van der Waals surface area contributed by atoms with Crippen molar-refractivity contribution in [1.82, 2.24) is 35.5 Å². The van der Waals surface area contributed by atoms with Gasteiger partial charge in [-0.05, 0) is 18.1 Å². The predicted octanol–water partition coefficient (Wildman–Crippen LogP) is 1.06. The molecule has 2 heterocycles. The number of carbonyl (C=O) groups is 1. The molecule has 0 saturated carbocycles. The molecule has 130 valence electrons. The molecule has 2 amide bonds. The van der Waals surface area contributed by atoms with E-state index in [4.69, 9.17) is 4.52 Å². The van der Waals surface area contributed by atoms with Gasteiger partial charge in [-0.2, -0.15) is 10.1 Å². The van der Waals surface area contributed by atoms with Gasteiger partial charge in [-0.25, -0.2) is 14.5 Å². The Labute approximate surface area is 144 Å². The summed E-state index contributed by atoms with van der Waals surface area (Å²) in [6, 6.07) is 7.74. The first kappa shape index (κ1) is 16.6. The second-order valence-electron chi connectivity index (χ2n) is 5.50. The second-order valence-corrected chi connectivity index (χ2v) is 5.50. The topological polar surface area (TPSA) is 111 Å². The van der Waals surface area contributed by atoms with Crippen molar-refractivity contribution in [2.24, 2.45) is 0 Å². The lowest BCUT2D eigenvalue weighted by Crippen LogP contribution is -2.36. The highest BCUT2D eigenvalue weighted by atomic mass is 16.5. The van der Waals surface area contributed by atoms with Crippen LogP contribution in [-0.4, -0.2) is 37.5 Å². The van der Waals surface area contributed by atoms with E-state index in [1.807, 2.05) is 24.3 Å². The van der Waals surface area contributed by atoms with Crippen molar-refractivity contribution < 1.29 is 9.32 Å². The fourth-order valence-electron chi connectivity index (χ4n) is 2.23. The van der Waals surface area contributed by atoms with Crippen LogP contribution < -0.4 is 10.6 Å². The van der Waals surface area contributed by atoms with Crippen molar-refractivity contribution in [1.29, 1.82) is 0 Å². The molecule has 0 aliphatic heterocycles. The first-order chi connectivity index (χ1) is 12.2. The minimum absolute atomic E-state index is 0.233. The summed E-state index contributed by atoms with van der Waals surface area (Å²) >= 11 is 0. The number of nitrogens with zero attached hydrogens (tertiary/aromatic N) is 5. The van der Waals surface area contributed by atoms with Crippen molar-refractivity contribution in [2.45, 2.75) is 26.4 Å². The third kappa shape index (κ3) is 5.13. The van der Waals surface area contributed by atoms with E-state index in [1.54, 1.807) is 17.9 Å². The summed E-state index contributed by atoms with van der Waals surface area (Å²) in [5, 5.41) is 13.3. The number of hydrogen-bond acceptors (Lipinski definition) is 6. The van der Waals surface area contributed by atoms with Crippen LogP contribution >= 0.6 is 0 Å². The average Bonchev–Trinajstić information content (AvgIpc) is 3.26. The Kier molecular flexibility index (Phi) is 5.35. The van der Waals surface area contributed by atoms with Gasteiger partial charge in [0.15, 0.2) is 5.82 Å². The van der Waals surface area contributed by atoms with Gasteiger partial charge >= 0.3 is 6.03 Å². The van der Waals surface area contributed by atoms with Gasteiger partial charge in [0.25, 0.3) is 0 Å². The van der Waals surface area contributed by atoms with E-state index < -0.39 is 0 Å². The number of aryl methyl sites for hydroxylation is 1. The lowest BCUT2D eigenvalue weighted by Gasteiger charge is -2.08. The van der Waals surface area contributed by atoms with Crippen LogP contribution in [0.1, 0.15) is 22.8 Å². The van der Waals surface area contributed by atoms with E-state index in [0.717, 1.165) is 11.1 Å². The number of rotatable bonds is 7. The van der Waals surface area contributed by atoms with Crippen LogP contribution in [0.4, 0.5) is 4.79 Å². The number of benzene rings is 1. The van der Waals surface area contributed by atoms with Gasteiger partial charge in [0.2, 0.25) is 5.89 Å². The number of nitrogens with one attached hydrogen (secondary N) is 2. The Morgan fingerprint density at radius 3 is 2.68 bits per heavy atom. The van der Waals surface area contributed by atoms with Crippen LogP contribution in [0.2, 0.25) is 0 Å². The molecule has 0 spiro atoms. The standard InChI is InChI=1S/C16H19N7O2/c1-12-21-15(25-22-12)6-7-18-16(24)19-8-13-2-4-14(5-3-13)9-23-11-17-10-20-23/h2-5,10-11H,6-9H2,1H3,(H2,18,19,24). The van der Waals surface area contributed by atoms with E-state index >= 15 is 0 Å². The first-order valence-corrected chi connectivity index (χ1v) is 7.90. The fraction of sp³-hybridized carbons (Fsp3) is 0.312. The molecule has 0 bridgehead atoms. The summed E-state index contributed by atoms with van der Waals surface area (Å²) < 4.78 is 6.74. The Morgan fingerprint density at radius 2 is 2.00 bits per heavy atom. The predicted molar refractivity (Wildman–Crippen MR) is 88.5 cm³/mol. The normalized spacial score (nSPS) is 10.6. The van der Waals surface area contributed by atoms with E-state index in [2.05, 4.69) is 30.9 Å². The van der Waals surface area contributed by atoms with Crippen molar-refractivity contribution in [3.63, 3.8) is 0 Å². The fourth-order valence-corrected chi connectivity index (χ4v) is 2.23. The van der Waals surface area contributed by atoms with Crippen molar-refractivity contribution in [2.75, 3.05) is 6.54 Å². The van der Waals surface area contributed by atoms with Gasteiger partial charge in [-0.3, -0.25) is 0 Å². The largest absolute Gasteiger partial charge is 0.339 e. The lowest BCUT2D eigenvalue weighted by atomic mass is 10.1. The molecule has 0 saturated heterocycles. The minimum atomic E-state index is -0.233. The maximum atomic E-state index is 11.8. The Bertz CT molecular complexity index is 796. The maximum absolute atomic E-state index is 11.8. The third-order valence-corrected chi connectivity index (χ3v) is 3.48. The molecule has 0 fully saturated rings. The minimum Gasteiger partial charge on any atom is -0.339 e. The number of amides is 2. The van der Waals surface area contributed by atoms with Crippen LogP contribution in [-0.2, 0) is 19.5 Å². The monoisotopic (exact) mass is 341 g/mol. The molecule has 3 aromatic rings.